The van der Waals surface area contributed by atoms with Crippen LogP contribution in [0.2, 0.25) is 0 Å². The summed E-state index contributed by atoms with van der Waals surface area (Å²) < 4.78 is 27.6. The van der Waals surface area contributed by atoms with Gasteiger partial charge >= 0.3 is 11.9 Å². The standard InChI is InChI=1S/C27H28N2O4.C23H21NO5.C21H20N2O5/c1-29(18-21-8-4-2-5-9-21)26(31)27(17-24(27)25(30)28-32)16-20-12-14-23(15-13-20)33-19-22-10-6-3-7-11-22;1-28-22(26)23(13-20(23)21(25)24-27)18-7-4-8-19(12-18)29-14-15-9-10-16-5-2-3-6-17(16)11-15;1-2-27-20(25)21(12-18(21)19(24)23-26)11-14-6-8-16(9-7-14)28-17-5-3-4-15(10-17)13-22/h2-15,24,32H,16-19H2,1H3,(H,28,30);2-12,20,27H,13-14H2,1H3,(H,24,25);3-10,18,26H,2,11-12H2,1H3,(H,23,24)/t24-,27+;20-,23-;18-,21+/m101/s1. The minimum Gasteiger partial charge on any atom is -0.489 e. The molecule has 462 valence electrons. The number of hydrogen-bond donors (Lipinski definition) is 6. The summed E-state index contributed by atoms with van der Waals surface area (Å²) in [7, 11) is 3.04. The Balaban J connectivity index is 0.000000161. The molecule has 0 radical (unpaired) electrons. The van der Waals surface area contributed by atoms with Gasteiger partial charge in [0.05, 0.1) is 53.9 Å². The van der Waals surface area contributed by atoms with Gasteiger partial charge in [0, 0.05) is 13.6 Å². The Hall–Kier alpha value is -10.4. The average molecular weight is 1220 g/mol. The lowest BCUT2D eigenvalue weighted by Crippen LogP contribution is -2.38. The van der Waals surface area contributed by atoms with E-state index in [1.165, 1.54) is 12.5 Å². The molecule has 0 aromatic heterocycles. The SMILES string of the molecule is CCOC(=O)[C@@]1(Cc2ccc(Oc3cccc(C#N)c3)cc2)C[C@@H]1C(=O)NO.CN(Cc1ccccc1)C(=O)[C@@]1(Cc2ccc(OCc3ccccc3)cc2)C[C@@H]1C(=O)NO.COC(=O)[C@]1(c2cccc(OCc3ccc4ccccc4c3)c2)C[C@H]1C(=O)NO. The number of fused-ring (bicyclic) bond motifs is 1. The maximum atomic E-state index is 13.4. The largest absolute Gasteiger partial charge is 0.489 e. The quantitative estimate of drug-likeness (QED) is 0.0209. The normalized spacial score (nSPS) is 19.6. The molecule has 8 aromatic carbocycles. The molecule has 0 saturated heterocycles. The molecule has 4 amide bonds. The van der Waals surface area contributed by atoms with E-state index in [1.807, 2.05) is 115 Å². The molecule has 3 aliphatic rings. The lowest BCUT2D eigenvalue weighted by molar-refractivity contribution is -0.152. The number of methoxy groups -OCH3 is 1. The number of esters is 2. The first-order valence-corrected chi connectivity index (χ1v) is 29.2. The van der Waals surface area contributed by atoms with Gasteiger partial charge in [-0.05, 0) is 144 Å². The second kappa shape index (κ2) is 29.1. The Morgan fingerprint density at radius 1 is 0.522 bits per heavy atom. The minimum absolute atomic E-state index is 0.0932. The predicted octanol–water partition coefficient (Wildman–Crippen LogP) is 10.3. The van der Waals surface area contributed by atoms with Gasteiger partial charge in [0.25, 0.3) is 0 Å². The lowest BCUT2D eigenvalue weighted by Gasteiger charge is -2.25. The fourth-order valence-corrected chi connectivity index (χ4v) is 11.5. The highest BCUT2D eigenvalue weighted by Gasteiger charge is 2.67. The molecule has 19 nitrogen and oxygen atoms in total. The van der Waals surface area contributed by atoms with Crippen LogP contribution >= 0.6 is 0 Å². The number of rotatable bonds is 22. The Bertz CT molecular complexity index is 3880. The molecule has 90 heavy (non-hydrogen) atoms. The van der Waals surface area contributed by atoms with Crippen molar-refractivity contribution in [2.75, 3.05) is 20.8 Å². The number of hydrogen-bond acceptors (Lipinski definition) is 15. The first kappa shape index (κ1) is 64.1. The van der Waals surface area contributed by atoms with Crippen molar-refractivity contribution in [3.63, 3.8) is 0 Å². The molecule has 6 atom stereocenters. The van der Waals surface area contributed by atoms with Crippen LogP contribution in [0.25, 0.3) is 10.8 Å². The fourth-order valence-electron chi connectivity index (χ4n) is 11.5. The van der Waals surface area contributed by atoms with Crippen LogP contribution in [0.3, 0.4) is 0 Å². The van der Waals surface area contributed by atoms with Gasteiger partial charge in [-0.25, -0.2) is 16.4 Å². The fraction of sp³-hybridized carbons (Fsp3) is 0.254. The number of nitrogens with one attached hydrogen (secondary N) is 3. The highest BCUT2D eigenvalue weighted by molar-refractivity contribution is 5.98. The summed E-state index contributed by atoms with van der Waals surface area (Å²) in [5.41, 5.74) is 8.13. The molecule has 0 bridgehead atoms. The van der Waals surface area contributed by atoms with Crippen LogP contribution in [-0.4, -0.2) is 76.9 Å². The van der Waals surface area contributed by atoms with E-state index in [0.717, 1.165) is 39.0 Å². The van der Waals surface area contributed by atoms with E-state index in [1.54, 1.807) is 96.0 Å². The number of nitriles is 1. The minimum atomic E-state index is -1.09. The third kappa shape index (κ3) is 15.1. The van der Waals surface area contributed by atoms with Gasteiger partial charge in [-0.1, -0.05) is 140 Å². The van der Waals surface area contributed by atoms with Gasteiger partial charge in [-0.3, -0.25) is 44.4 Å². The van der Waals surface area contributed by atoms with Crippen LogP contribution < -0.4 is 30.7 Å². The number of amides is 4. The van der Waals surface area contributed by atoms with Crippen LogP contribution in [0.15, 0.2) is 200 Å². The van der Waals surface area contributed by atoms with Crippen molar-refractivity contribution in [2.24, 2.45) is 28.6 Å². The summed E-state index contributed by atoms with van der Waals surface area (Å²) >= 11 is 0. The molecule has 6 N–H and O–H groups in total. The first-order chi connectivity index (χ1) is 43.6. The number of nitrogens with zero attached hydrogens (tertiary/aromatic N) is 2. The van der Waals surface area contributed by atoms with Gasteiger partial charge in [-0.15, -0.1) is 0 Å². The Labute approximate surface area is 520 Å². The average Bonchev–Trinajstić information content (AvgIpc) is 1.68. The van der Waals surface area contributed by atoms with E-state index >= 15 is 0 Å². The molecule has 0 heterocycles. The molecular formula is C71H69N5O14. The van der Waals surface area contributed by atoms with Gasteiger partial charge in [0.1, 0.15) is 41.6 Å². The van der Waals surface area contributed by atoms with Crippen molar-refractivity contribution in [3.8, 4) is 29.1 Å². The van der Waals surface area contributed by atoms with Crippen LogP contribution in [0.5, 0.6) is 23.0 Å². The maximum absolute atomic E-state index is 13.4. The van der Waals surface area contributed by atoms with Crippen molar-refractivity contribution < 1.29 is 68.1 Å². The van der Waals surface area contributed by atoms with Crippen molar-refractivity contribution in [1.29, 1.82) is 5.26 Å². The third-order valence-corrected chi connectivity index (χ3v) is 16.6. The van der Waals surface area contributed by atoms with E-state index < -0.39 is 63.7 Å². The summed E-state index contributed by atoms with van der Waals surface area (Å²) in [4.78, 5) is 75.8. The van der Waals surface area contributed by atoms with E-state index in [-0.39, 0.29) is 18.9 Å². The van der Waals surface area contributed by atoms with Gasteiger partial charge in [0.15, 0.2) is 0 Å². The van der Waals surface area contributed by atoms with Crippen LogP contribution in [-0.2, 0) is 76.3 Å². The van der Waals surface area contributed by atoms with E-state index in [4.69, 9.17) is 44.6 Å². The van der Waals surface area contributed by atoms with Crippen LogP contribution in [0.1, 0.15) is 65.1 Å². The molecular weight excluding hydrogens is 1150 g/mol. The summed E-state index contributed by atoms with van der Waals surface area (Å²) in [6.07, 6.45) is 1.76. The lowest BCUT2D eigenvalue weighted by atomic mass is 9.91. The van der Waals surface area contributed by atoms with Crippen molar-refractivity contribution in [3.05, 3.63) is 239 Å². The summed E-state index contributed by atoms with van der Waals surface area (Å²) in [5, 5.41) is 38.2. The second-order valence-electron chi connectivity index (χ2n) is 22.5. The predicted molar refractivity (Wildman–Crippen MR) is 329 cm³/mol. The summed E-state index contributed by atoms with van der Waals surface area (Å²) in [5.74, 6) is -2.08. The molecule has 3 saturated carbocycles. The summed E-state index contributed by atoms with van der Waals surface area (Å²) in [6.45, 7) is 3.25. The molecule has 0 aliphatic heterocycles. The number of benzene rings is 8. The smallest absolute Gasteiger partial charge is 0.317 e. The van der Waals surface area contributed by atoms with Crippen LogP contribution in [0, 0.1) is 39.9 Å². The van der Waals surface area contributed by atoms with Gasteiger partial charge < -0.3 is 28.6 Å². The molecule has 3 fully saturated rings. The number of hydroxylamine groups is 3. The monoisotopic (exact) mass is 1220 g/mol. The zero-order chi connectivity index (χ0) is 63.8. The maximum Gasteiger partial charge on any atom is 0.317 e. The van der Waals surface area contributed by atoms with Gasteiger partial charge in [0.2, 0.25) is 23.6 Å². The van der Waals surface area contributed by atoms with Crippen LogP contribution in [0.4, 0.5) is 0 Å². The van der Waals surface area contributed by atoms with E-state index in [9.17, 15) is 28.8 Å². The topological polar surface area (TPSA) is 272 Å². The molecule has 8 aromatic rings. The summed E-state index contributed by atoms with van der Waals surface area (Å²) in [6, 6.07) is 64.7. The van der Waals surface area contributed by atoms with Crippen molar-refractivity contribution in [2.45, 2.75) is 64.2 Å². The first-order valence-electron chi connectivity index (χ1n) is 29.2. The molecule has 0 spiro atoms. The van der Waals surface area contributed by atoms with Gasteiger partial charge in [-0.2, -0.15) is 5.26 Å². The zero-order valence-electron chi connectivity index (χ0n) is 49.9. The molecule has 11 rings (SSSR count). The van der Waals surface area contributed by atoms with Crippen molar-refractivity contribution >= 4 is 46.3 Å². The van der Waals surface area contributed by atoms with Crippen molar-refractivity contribution in [1.82, 2.24) is 21.3 Å². The zero-order valence-corrected chi connectivity index (χ0v) is 49.9. The third-order valence-electron chi connectivity index (χ3n) is 16.6. The number of carbonyl (C=O) groups is 6. The second-order valence-corrected chi connectivity index (χ2v) is 22.5. The Kier molecular flexibility index (Phi) is 20.7. The Morgan fingerprint density at radius 3 is 1.69 bits per heavy atom. The number of carbonyl (C=O) groups excluding carboxylic acids is 6. The highest BCUT2D eigenvalue weighted by Crippen LogP contribution is 2.58. The van der Waals surface area contributed by atoms with E-state index in [0.29, 0.717) is 73.8 Å². The molecule has 19 heteroatoms. The number of ether oxygens (including phenoxy) is 5. The Morgan fingerprint density at radius 2 is 1.06 bits per heavy atom. The molecule has 0 unspecified atom stereocenters. The highest BCUT2D eigenvalue weighted by atomic mass is 16.5. The van der Waals surface area contributed by atoms with E-state index in [2.05, 4.69) is 30.3 Å². The molecule has 3 aliphatic carbocycles.